The minimum absolute atomic E-state index is 0.124. The van der Waals surface area contributed by atoms with E-state index in [2.05, 4.69) is 27.3 Å². The highest BCUT2D eigenvalue weighted by molar-refractivity contribution is 9.10. The van der Waals surface area contributed by atoms with Crippen LogP contribution >= 0.6 is 15.9 Å². The third-order valence-electron chi connectivity index (χ3n) is 6.48. The standard InChI is InChI=1S/C23H25BrN2O3/c1-15-7-8-19-18(13-15)22(20(27)26(19)2)9-11-23(12-10-22,21(28)29-3)25-17-6-4-5-16(24)14-17/h4-8,13-14,25H,9-12H2,1-3H3. The molecule has 0 bridgehead atoms. The molecule has 4 rings (SSSR count). The fourth-order valence-corrected chi connectivity index (χ4v) is 5.28. The third kappa shape index (κ3) is 3.14. The zero-order valence-electron chi connectivity index (χ0n) is 16.9. The second-order valence-electron chi connectivity index (χ2n) is 8.18. The van der Waals surface area contributed by atoms with Gasteiger partial charge in [0.25, 0.3) is 0 Å². The Bertz CT molecular complexity index is 980. The fourth-order valence-electron chi connectivity index (χ4n) is 4.88. The van der Waals surface area contributed by atoms with Crippen LogP contribution in [0, 0.1) is 6.92 Å². The predicted molar refractivity (Wildman–Crippen MR) is 117 cm³/mol. The average molecular weight is 457 g/mol. The number of rotatable bonds is 3. The number of anilines is 2. The number of carbonyl (C=O) groups is 2. The summed E-state index contributed by atoms with van der Waals surface area (Å²) in [6.45, 7) is 2.05. The van der Waals surface area contributed by atoms with Gasteiger partial charge in [0.2, 0.25) is 5.91 Å². The number of aryl methyl sites for hydroxylation is 1. The van der Waals surface area contributed by atoms with Crippen molar-refractivity contribution in [1.29, 1.82) is 0 Å². The quantitative estimate of drug-likeness (QED) is 0.687. The van der Waals surface area contributed by atoms with Gasteiger partial charge in [0.1, 0.15) is 5.54 Å². The van der Waals surface area contributed by atoms with E-state index in [0.717, 1.165) is 27.0 Å². The van der Waals surface area contributed by atoms with Gasteiger partial charge in [-0.25, -0.2) is 4.79 Å². The van der Waals surface area contributed by atoms with Crippen LogP contribution in [0.3, 0.4) is 0 Å². The summed E-state index contributed by atoms with van der Waals surface area (Å²) in [6.07, 6.45) is 2.25. The van der Waals surface area contributed by atoms with Crippen LogP contribution in [0.25, 0.3) is 0 Å². The van der Waals surface area contributed by atoms with Crippen LogP contribution in [0.1, 0.15) is 36.8 Å². The molecule has 1 heterocycles. The molecule has 0 radical (unpaired) electrons. The van der Waals surface area contributed by atoms with Crippen molar-refractivity contribution < 1.29 is 14.3 Å². The highest BCUT2D eigenvalue weighted by atomic mass is 79.9. The van der Waals surface area contributed by atoms with Crippen molar-refractivity contribution in [2.75, 3.05) is 24.4 Å². The molecule has 1 fully saturated rings. The van der Waals surface area contributed by atoms with E-state index in [1.165, 1.54) is 7.11 Å². The van der Waals surface area contributed by atoms with Gasteiger partial charge in [0, 0.05) is 22.9 Å². The SMILES string of the molecule is COC(=O)C1(Nc2cccc(Br)c2)CCC2(CC1)C(=O)N(C)c1ccc(C)cc12. The maximum absolute atomic E-state index is 13.3. The van der Waals surface area contributed by atoms with Gasteiger partial charge in [-0.3, -0.25) is 4.79 Å². The summed E-state index contributed by atoms with van der Waals surface area (Å²) in [7, 11) is 3.26. The lowest BCUT2D eigenvalue weighted by molar-refractivity contribution is -0.148. The van der Waals surface area contributed by atoms with E-state index < -0.39 is 11.0 Å². The van der Waals surface area contributed by atoms with Gasteiger partial charge in [-0.2, -0.15) is 0 Å². The highest BCUT2D eigenvalue weighted by Gasteiger charge is 2.56. The van der Waals surface area contributed by atoms with Crippen molar-refractivity contribution in [1.82, 2.24) is 0 Å². The molecular formula is C23H25BrN2O3. The number of amides is 1. The Morgan fingerprint density at radius 3 is 2.52 bits per heavy atom. The number of fused-ring (bicyclic) bond motifs is 2. The molecule has 1 saturated carbocycles. The fraction of sp³-hybridized carbons (Fsp3) is 0.391. The number of nitrogens with one attached hydrogen (secondary N) is 1. The molecule has 0 unspecified atom stereocenters. The summed E-state index contributed by atoms with van der Waals surface area (Å²) in [5.41, 5.74) is 2.66. The number of carbonyl (C=O) groups excluding carboxylic acids is 2. The van der Waals surface area contributed by atoms with Crippen LogP contribution in [0.15, 0.2) is 46.9 Å². The Kier molecular flexibility index (Phi) is 4.93. The van der Waals surface area contributed by atoms with Gasteiger partial charge in [-0.05, 0) is 62.4 Å². The van der Waals surface area contributed by atoms with Crippen LogP contribution in [0.5, 0.6) is 0 Å². The van der Waals surface area contributed by atoms with E-state index in [0.29, 0.717) is 25.7 Å². The monoisotopic (exact) mass is 456 g/mol. The molecule has 1 spiro atoms. The number of nitrogens with zero attached hydrogens (tertiary/aromatic N) is 1. The second-order valence-corrected chi connectivity index (χ2v) is 9.09. The maximum atomic E-state index is 13.3. The number of benzene rings is 2. The van der Waals surface area contributed by atoms with E-state index in [-0.39, 0.29) is 11.9 Å². The van der Waals surface area contributed by atoms with Gasteiger partial charge in [0.15, 0.2) is 0 Å². The molecule has 152 valence electrons. The molecule has 29 heavy (non-hydrogen) atoms. The summed E-state index contributed by atoms with van der Waals surface area (Å²) < 4.78 is 6.11. The Balaban J connectivity index is 1.68. The lowest BCUT2D eigenvalue weighted by Crippen LogP contribution is -2.54. The second kappa shape index (κ2) is 7.17. The Morgan fingerprint density at radius 1 is 1.14 bits per heavy atom. The molecule has 0 atom stereocenters. The molecule has 1 aliphatic carbocycles. The molecule has 1 aliphatic heterocycles. The summed E-state index contributed by atoms with van der Waals surface area (Å²) in [6, 6.07) is 13.9. The van der Waals surface area contributed by atoms with E-state index >= 15 is 0 Å². The first-order chi connectivity index (χ1) is 13.8. The lowest BCUT2D eigenvalue weighted by atomic mass is 9.64. The summed E-state index contributed by atoms with van der Waals surface area (Å²) >= 11 is 3.48. The maximum Gasteiger partial charge on any atom is 0.331 e. The minimum atomic E-state index is -0.841. The zero-order chi connectivity index (χ0) is 20.8. The zero-order valence-corrected chi connectivity index (χ0v) is 18.5. The van der Waals surface area contributed by atoms with E-state index in [9.17, 15) is 9.59 Å². The normalized spacial score (nSPS) is 25.8. The first-order valence-electron chi connectivity index (χ1n) is 9.83. The first kappa shape index (κ1) is 20.0. The number of hydrogen-bond donors (Lipinski definition) is 1. The predicted octanol–water partition coefficient (Wildman–Crippen LogP) is 4.57. The average Bonchev–Trinajstić information content (AvgIpc) is 2.91. The smallest absolute Gasteiger partial charge is 0.331 e. The number of likely N-dealkylation sites (N-methyl/N-ethyl adjacent to an activating group) is 1. The molecular weight excluding hydrogens is 432 g/mol. The Labute approximate surface area is 179 Å². The minimum Gasteiger partial charge on any atom is -0.467 e. The van der Waals surface area contributed by atoms with Gasteiger partial charge in [-0.15, -0.1) is 0 Å². The Morgan fingerprint density at radius 2 is 1.86 bits per heavy atom. The number of methoxy groups -OCH3 is 1. The number of esters is 1. The van der Waals surface area contributed by atoms with Crippen molar-refractivity contribution in [2.45, 2.75) is 43.6 Å². The molecule has 0 aromatic heterocycles. The van der Waals surface area contributed by atoms with Crippen LogP contribution in [-0.4, -0.2) is 31.6 Å². The molecule has 2 aromatic rings. The van der Waals surface area contributed by atoms with Gasteiger partial charge >= 0.3 is 5.97 Å². The first-order valence-corrected chi connectivity index (χ1v) is 10.6. The molecule has 1 amide bonds. The number of halogens is 1. The molecule has 0 saturated heterocycles. The Hall–Kier alpha value is -2.34. The van der Waals surface area contributed by atoms with E-state index in [1.807, 2.05) is 50.4 Å². The van der Waals surface area contributed by atoms with Crippen molar-refractivity contribution in [3.05, 3.63) is 58.1 Å². The molecule has 2 aliphatic rings. The number of ether oxygens (including phenoxy) is 1. The molecule has 5 nitrogen and oxygen atoms in total. The largest absolute Gasteiger partial charge is 0.467 e. The topological polar surface area (TPSA) is 58.6 Å². The number of hydrogen-bond acceptors (Lipinski definition) is 4. The van der Waals surface area contributed by atoms with Crippen LogP contribution in [-0.2, 0) is 19.7 Å². The van der Waals surface area contributed by atoms with Crippen molar-refractivity contribution >= 4 is 39.2 Å². The summed E-state index contributed by atoms with van der Waals surface area (Å²) in [5.74, 6) is -0.158. The molecule has 6 heteroatoms. The third-order valence-corrected chi connectivity index (χ3v) is 6.98. The van der Waals surface area contributed by atoms with Crippen molar-refractivity contribution in [3.8, 4) is 0 Å². The molecule has 1 N–H and O–H groups in total. The van der Waals surface area contributed by atoms with Gasteiger partial charge in [-0.1, -0.05) is 39.7 Å². The van der Waals surface area contributed by atoms with Crippen molar-refractivity contribution in [3.63, 3.8) is 0 Å². The highest BCUT2D eigenvalue weighted by Crippen LogP contribution is 2.52. The van der Waals surface area contributed by atoms with Gasteiger partial charge in [0.05, 0.1) is 12.5 Å². The van der Waals surface area contributed by atoms with E-state index in [1.54, 1.807) is 4.90 Å². The lowest BCUT2D eigenvalue weighted by Gasteiger charge is -2.43. The van der Waals surface area contributed by atoms with Crippen LogP contribution in [0.4, 0.5) is 11.4 Å². The van der Waals surface area contributed by atoms with E-state index in [4.69, 9.17) is 4.74 Å². The van der Waals surface area contributed by atoms with Crippen LogP contribution < -0.4 is 10.2 Å². The van der Waals surface area contributed by atoms with Crippen LogP contribution in [0.2, 0.25) is 0 Å². The summed E-state index contributed by atoms with van der Waals surface area (Å²) in [5, 5.41) is 3.42. The summed E-state index contributed by atoms with van der Waals surface area (Å²) in [4.78, 5) is 27.9. The van der Waals surface area contributed by atoms with Gasteiger partial charge < -0.3 is 15.0 Å². The molecule has 2 aromatic carbocycles. The van der Waals surface area contributed by atoms with Crippen molar-refractivity contribution in [2.24, 2.45) is 0 Å².